The van der Waals surface area contributed by atoms with Crippen LogP contribution in [0.1, 0.15) is 31.9 Å². The van der Waals surface area contributed by atoms with Gasteiger partial charge in [-0.05, 0) is 5.92 Å². The summed E-state index contributed by atoms with van der Waals surface area (Å²) in [7, 11) is 0. The number of rotatable bonds is 4. The number of carbonyl (C=O) groups is 1. The zero-order chi connectivity index (χ0) is 11.4. The van der Waals surface area contributed by atoms with Gasteiger partial charge in [-0.1, -0.05) is 26.1 Å². The van der Waals surface area contributed by atoms with Gasteiger partial charge in [0.25, 0.3) is 0 Å². The summed E-state index contributed by atoms with van der Waals surface area (Å²) < 4.78 is 0. The third-order valence-corrected chi connectivity index (χ3v) is 2.61. The van der Waals surface area contributed by atoms with Crippen LogP contribution in [0, 0.1) is 0 Å². The normalized spacial score (nSPS) is 10.3. The molecule has 0 radical (unpaired) electrons. The number of amides is 1. The summed E-state index contributed by atoms with van der Waals surface area (Å²) in [6.45, 7) is 4.10. The zero-order valence-electron chi connectivity index (χ0n) is 8.61. The number of aromatic nitrogens is 1. The Kier molecular flexibility index (Phi) is 4.16. The van der Waals surface area contributed by atoms with Crippen LogP contribution in [0.4, 0.5) is 5.13 Å². The fourth-order valence-corrected chi connectivity index (χ4v) is 1.95. The van der Waals surface area contributed by atoms with Gasteiger partial charge in [0, 0.05) is 5.38 Å². The summed E-state index contributed by atoms with van der Waals surface area (Å²) in [4.78, 5) is 15.7. The third-order valence-electron chi connectivity index (χ3n) is 1.69. The molecule has 3 N–H and O–H groups in total. The fourth-order valence-electron chi connectivity index (χ4n) is 0.930. The average molecular weight is 243 g/mol. The first-order chi connectivity index (χ1) is 6.99. The minimum absolute atomic E-state index is 0.0614. The summed E-state index contributed by atoms with van der Waals surface area (Å²) in [5.74, 6) is 0.148. The van der Waals surface area contributed by atoms with Crippen molar-refractivity contribution in [1.29, 1.82) is 0 Å². The lowest BCUT2D eigenvalue weighted by Crippen LogP contribution is -2.20. The van der Waals surface area contributed by atoms with E-state index in [1.165, 1.54) is 11.3 Å². The number of nitrogens with zero attached hydrogens (tertiary/aromatic N) is 1. The molecule has 0 spiro atoms. The number of hydrogen-bond acceptors (Lipinski definition) is 4. The minimum Gasteiger partial charge on any atom is -0.393 e. The van der Waals surface area contributed by atoms with Gasteiger partial charge in [0.05, 0.1) is 17.1 Å². The summed E-state index contributed by atoms with van der Waals surface area (Å²) in [5.41, 5.74) is 6.23. The lowest BCUT2D eigenvalue weighted by atomic mass is 10.2. The van der Waals surface area contributed by atoms with Crippen molar-refractivity contribution in [3.05, 3.63) is 11.1 Å². The maximum atomic E-state index is 11.3. The maximum absolute atomic E-state index is 11.3. The molecule has 1 rings (SSSR count). The van der Waals surface area contributed by atoms with Gasteiger partial charge < -0.3 is 11.1 Å². The van der Waals surface area contributed by atoms with Crippen molar-refractivity contribution in [3.63, 3.8) is 0 Å². The van der Waals surface area contributed by atoms with E-state index in [4.69, 9.17) is 5.73 Å². The molecule has 1 aromatic heterocycles. The molecule has 0 fully saturated rings. The molecule has 0 bridgehead atoms. The standard InChI is InChI=1S/C9H13N3OS2/c1-5(2)6-4-15-9(11-6)12-8(13)3-7(10)14/h4-5H,3H2,1-2H3,(H2,10,14)(H,11,12,13). The average Bonchev–Trinajstić information content (AvgIpc) is 2.50. The summed E-state index contributed by atoms with van der Waals surface area (Å²) >= 11 is 6.04. The van der Waals surface area contributed by atoms with E-state index in [2.05, 4.69) is 36.4 Å². The minimum atomic E-state index is -0.216. The number of hydrogen-bond donors (Lipinski definition) is 2. The van der Waals surface area contributed by atoms with Crippen LogP contribution >= 0.6 is 23.6 Å². The van der Waals surface area contributed by atoms with Crippen molar-refractivity contribution in [2.45, 2.75) is 26.2 Å². The molecule has 82 valence electrons. The molecule has 0 atom stereocenters. The second kappa shape index (κ2) is 5.18. The number of anilines is 1. The number of thiocarbonyl (C=S) groups is 1. The first kappa shape index (κ1) is 12.1. The molecular formula is C9H13N3OS2. The topological polar surface area (TPSA) is 68.0 Å². The van der Waals surface area contributed by atoms with E-state index >= 15 is 0 Å². The van der Waals surface area contributed by atoms with E-state index in [-0.39, 0.29) is 17.3 Å². The Morgan fingerprint density at radius 3 is 2.87 bits per heavy atom. The highest BCUT2D eigenvalue weighted by molar-refractivity contribution is 7.80. The van der Waals surface area contributed by atoms with Gasteiger partial charge in [0.2, 0.25) is 5.91 Å². The van der Waals surface area contributed by atoms with Gasteiger partial charge in [-0.15, -0.1) is 11.3 Å². The molecule has 0 saturated heterocycles. The Labute approximate surface area is 97.9 Å². The van der Waals surface area contributed by atoms with Crippen molar-refractivity contribution in [2.75, 3.05) is 5.32 Å². The first-order valence-corrected chi connectivity index (χ1v) is 5.81. The molecule has 0 aliphatic carbocycles. The van der Waals surface area contributed by atoms with Crippen LogP contribution in [-0.2, 0) is 4.79 Å². The van der Waals surface area contributed by atoms with E-state index in [0.717, 1.165) is 5.69 Å². The second-order valence-electron chi connectivity index (χ2n) is 3.42. The van der Waals surface area contributed by atoms with Gasteiger partial charge in [-0.2, -0.15) is 0 Å². The second-order valence-corrected chi connectivity index (χ2v) is 4.81. The lowest BCUT2D eigenvalue weighted by Gasteiger charge is -2.00. The van der Waals surface area contributed by atoms with E-state index in [1.807, 2.05) is 5.38 Å². The van der Waals surface area contributed by atoms with Gasteiger partial charge in [-0.3, -0.25) is 4.79 Å². The Hall–Kier alpha value is -1.01. The van der Waals surface area contributed by atoms with Crippen LogP contribution in [0.3, 0.4) is 0 Å². The molecule has 1 amide bonds. The van der Waals surface area contributed by atoms with Crippen LogP contribution in [-0.4, -0.2) is 15.9 Å². The van der Waals surface area contributed by atoms with E-state index in [0.29, 0.717) is 11.0 Å². The summed E-state index contributed by atoms with van der Waals surface area (Å²) in [6.07, 6.45) is 0.0614. The molecule has 0 aromatic carbocycles. The molecule has 4 nitrogen and oxygen atoms in total. The first-order valence-electron chi connectivity index (χ1n) is 4.52. The quantitative estimate of drug-likeness (QED) is 0.792. The van der Waals surface area contributed by atoms with Crippen LogP contribution in [0.25, 0.3) is 0 Å². The van der Waals surface area contributed by atoms with Gasteiger partial charge in [-0.25, -0.2) is 4.98 Å². The summed E-state index contributed by atoms with van der Waals surface area (Å²) in [5, 5.41) is 5.18. The van der Waals surface area contributed by atoms with Crippen molar-refractivity contribution in [2.24, 2.45) is 5.73 Å². The third kappa shape index (κ3) is 3.93. The van der Waals surface area contributed by atoms with Crippen molar-refractivity contribution in [3.8, 4) is 0 Å². The van der Waals surface area contributed by atoms with E-state index in [1.54, 1.807) is 0 Å². The number of nitrogens with one attached hydrogen (secondary N) is 1. The van der Waals surface area contributed by atoms with E-state index < -0.39 is 0 Å². The smallest absolute Gasteiger partial charge is 0.232 e. The predicted octanol–water partition coefficient (Wildman–Crippen LogP) is 1.88. The molecule has 1 heterocycles. The SMILES string of the molecule is CC(C)c1csc(NC(=O)CC(N)=S)n1. The Balaban J connectivity index is 2.57. The molecule has 0 saturated carbocycles. The molecule has 1 aromatic rings. The van der Waals surface area contributed by atoms with Crippen molar-refractivity contribution < 1.29 is 4.79 Å². The maximum Gasteiger partial charge on any atom is 0.232 e. The van der Waals surface area contributed by atoms with Crippen molar-refractivity contribution >= 4 is 39.6 Å². The summed E-state index contributed by atoms with van der Waals surface area (Å²) in [6, 6.07) is 0. The predicted molar refractivity (Wildman–Crippen MR) is 66.2 cm³/mol. The monoisotopic (exact) mass is 243 g/mol. The zero-order valence-corrected chi connectivity index (χ0v) is 10.2. The van der Waals surface area contributed by atoms with Crippen LogP contribution in [0.5, 0.6) is 0 Å². The highest BCUT2D eigenvalue weighted by Gasteiger charge is 2.09. The lowest BCUT2D eigenvalue weighted by molar-refractivity contribution is -0.115. The Morgan fingerprint density at radius 2 is 2.40 bits per heavy atom. The number of carbonyl (C=O) groups excluding carboxylic acids is 1. The molecule has 6 heteroatoms. The van der Waals surface area contributed by atoms with Crippen molar-refractivity contribution in [1.82, 2.24) is 4.98 Å². The fraction of sp³-hybridized carbons (Fsp3) is 0.444. The molecule has 0 aliphatic heterocycles. The molecule has 15 heavy (non-hydrogen) atoms. The highest BCUT2D eigenvalue weighted by atomic mass is 32.1. The largest absolute Gasteiger partial charge is 0.393 e. The van der Waals surface area contributed by atoms with E-state index in [9.17, 15) is 4.79 Å². The molecular weight excluding hydrogens is 230 g/mol. The Morgan fingerprint density at radius 1 is 1.73 bits per heavy atom. The van der Waals surface area contributed by atoms with Crippen LogP contribution in [0.15, 0.2) is 5.38 Å². The molecule has 0 unspecified atom stereocenters. The van der Waals surface area contributed by atoms with Crippen LogP contribution in [0.2, 0.25) is 0 Å². The number of thiazole rings is 1. The van der Waals surface area contributed by atoms with Gasteiger partial charge in [0.1, 0.15) is 0 Å². The highest BCUT2D eigenvalue weighted by Crippen LogP contribution is 2.21. The van der Waals surface area contributed by atoms with Gasteiger partial charge >= 0.3 is 0 Å². The van der Waals surface area contributed by atoms with Crippen LogP contribution < -0.4 is 11.1 Å². The number of nitrogens with two attached hydrogens (primary N) is 1. The Bertz CT molecular complexity index is 373. The van der Waals surface area contributed by atoms with Gasteiger partial charge in [0.15, 0.2) is 5.13 Å². The molecule has 0 aliphatic rings.